The Hall–Kier alpha value is -0.610. The normalized spacial score (nSPS) is 23.1. The molecule has 0 aromatic carbocycles. The SMILES string of the molecule is CCC(C)(C)COC(=O)[C@@H]1CCCN(C)N1. The van der Waals surface area contributed by atoms with Crippen LogP contribution in [0.15, 0.2) is 0 Å². The Labute approximate surface area is 98.3 Å². The van der Waals surface area contributed by atoms with Gasteiger partial charge in [0.1, 0.15) is 6.04 Å². The molecule has 94 valence electrons. The number of hydrazine groups is 1. The highest BCUT2D eigenvalue weighted by Crippen LogP contribution is 2.20. The number of hydrogen-bond donors (Lipinski definition) is 1. The molecule has 0 saturated carbocycles. The smallest absolute Gasteiger partial charge is 0.324 e. The topological polar surface area (TPSA) is 41.6 Å². The number of esters is 1. The first-order valence-electron chi connectivity index (χ1n) is 6.08. The average molecular weight is 228 g/mol. The first kappa shape index (κ1) is 13.5. The molecule has 1 aliphatic rings. The Morgan fingerprint density at radius 3 is 2.81 bits per heavy atom. The molecule has 4 nitrogen and oxygen atoms in total. The Bertz CT molecular complexity index is 241. The van der Waals surface area contributed by atoms with Gasteiger partial charge in [-0.2, -0.15) is 0 Å². The van der Waals surface area contributed by atoms with E-state index in [1.807, 2.05) is 12.1 Å². The maximum atomic E-state index is 11.8. The van der Waals surface area contributed by atoms with Crippen molar-refractivity contribution < 1.29 is 9.53 Å². The fourth-order valence-corrected chi connectivity index (χ4v) is 1.57. The van der Waals surface area contributed by atoms with Crippen LogP contribution >= 0.6 is 0 Å². The third kappa shape index (κ3) is 4.10. The van der Waals surface area contributed by atoms with Crippen LogP contribution in [0.1, 0.15) is 40.0 Å². The van der Waals surface area contributed by atoms with E-state index in [2.05, 4.69) is 26.2 Å². The number of rotatable bonds is 4. The number of nitrogens with zero attached hydrogens (tertiary/aromatic N) is 1. The van der Waals surface area contributed by atoms with E-state index in [0.717, 1.165) is 25.8 Å². The highest BCUT2D eigenvalue weighted by atomic mass is 16.5. The molecule has 1 fully saturated rings. The molecule has 4 heteroatoms. The third-order valence-corrected chi connectivity index (χ3v) is 3.21. The molecule has 0 aromatic heterocycles. The standard InChI is InChI=1S/C12H24N2O2/c1-5-12(2,3)9-16-11(15)10-7-6-8-14(4)13-10/h10,13H,5-9H2,1-4H3/t10-/m0/s1. The summed E-state index contributed by atoms with van der Waals surface area (Å²) >= 11 is 0. The minimum Gasteiger partial charge on any atom is -0.464 e. The van der Waals surface area contributed by atoms with Crippen LogP contribution in [0.2, 0.25) is 0 Å². The molecular formula is C12H24N2O2. The molecule has 0 spiro atoms. The molecule has 0 unspecified atom stereocenters. The van der Waals surface area contributed by atoms with Gasteiger partial charge < -0.3 is 4.74 Å². The number of carbonyl (C=O) groups is 1. The Morgan fingerprint density at radius 2 is 2.25 bits per heavy atom. The van der Waals surface area contributed by atoms with Crippen molar-refractivity contribution in [2.75, 3.05) is 20.2 Å². The molecule has 0 aliphatic carbocycles. The molecular weight excluding hydrogens is 204 g/mol. The maximum absolute atomic E-state index is 11.8. The van der Waals surface area contributed by atoms with E-state index in [1.165, 1.54) is 0 Å². The summed E-state index contributed by atoms with van der Waals surface area (Å²) in [4.78, 5) is 11.8. The first-order valence-corrected chi connectivity index (χ1v) is 6.08. The molecule has 0 bridgehead atoms. The summed E-state index contributed by atoms with van der Waals surface area (Å²) in [5.41, 5.74) is 3.21. The minimum absolute atomic E-state index is 0.0796. The summed E-state index contributed by atoms with van der Waals surface area (Å²) in [5.74, 6) is -0.118. The predicted molar refractivity (Wildman–Crippen MR) is 63.8 cm³/mol. The maximum Gasteiger partial charge on any atom is 0.324 e. The van der Waals surface area contributed by atoms with Crippen LogP contribution in [0.25, 0.3) is 0 Å². The van der Waals surface area contributed by atoms with E-state index in [9.17, 15) is 4.79 Å². The zero-order valence-electron chi connectivity index (χ0n) is 10.9. The zero-order valence-corrected chi connectivity index (χ0v) is 10.9. The lowest BCUT2D eigenvalue weighted by molar-refractivity contribution is -0.152. The van der Waals surface area contributed by atoms with Crippen molar-refractivity contribution in [1.29, 1.82) is 0 Å². The van der Waals surface area contributed by atoms with Crippen molar-refractivity contribution in [1.82, 2.24) is 10.4 Å². The monoisotopic (exact) mass is 228 g/mol. The molecule has 1 heterocycles. The van der Waals surface area contributed by atoms with Gasteiger partial charge in [0.25, 0.3) is 0 Å². The number of nitrogens with one attached hydrogen (secondary N) is 1. The molecule has 1 atom stereocenters. The Kier molecular flexibility index (Phi) is 4.74. The van der Waals surface area contributed by atoms with Gasteiger partial charge in [-0.25, -0.2) is 10.4 Å². The Morgan fingerprint density at radius 1 is 1.56 bits per heavy atom. The summed E-state index contributed by atoms with van der Waals surface area (Å²) in [6.45, 7) is 7.83. The second-order valence-electron chi connectivity index (χ2n) is 5.37. The van der Waals surface area contributed by atoms with E-state index in [1.54, 1.807) is 0 Å². The van der Waals surface area contributed by atoms with Gasteiger partial charge in [-0.3, -0.25) is 4.79 Å². The molecule has 1 saturated heterocycles. The van der Waals surface area contributed by atoms with Gasteiger partial charge in [0.15, 0.2) is 0 Å². The van der Waals surface area contributed by atoms with E-state index < -0.39 is 0 Å². The van der Waals surface area contributed by atoms with Gasteiger partial charge in [0.2, 0.25) is 0 Å². The summed E-state index contributed by atoms with van der Waals surface area (Å²) in [6, 6.07) is -0.161. The lowest BCUT2D eigenvalue weighted by Crippen LogP contribution is -2.51. The molecule has 0 amide bonds. The molecule has 1 aliphatic heterocycles. The van der Waals surface area contributed by atoms with Crippen LogP contribution in [0, 0.1) is 5.41 Å². The van der Waals surface area contributed by atoms with Gasteiger partial charge in [-0.05, 0) is 24.7 Å². The summed E-state index contributed by atoms with van der Waals surface area (Å²) < 4.78 is 5.36. The van der Waals surface area contributed by atoms with Crippen molar-refractivity contribution in [3.05, 3.63) is 0 Å². The van der Waals surface area contributed by atoms with Gasteiger partial charge in [-0.15, -0.1) is 0 Å². The van der Waals surface area contributed by atoms with Gasteiger partial charge in [0, 0.05) is 13.6 Å². The quantitative estimate of drug-likeness (QED) is 0.742. The lowest BCUT2D eigenvalue weighted by Gasteiger charge is -2.30. The summed E-state index contributed by atoms with van der Waals surface area (Å²) in [5, 5.41) is 1.96. The van der Waals surface area contributed by atoms with Crippen LogP contribution in [0.5, 0.6) is 0 Å². The van der Waals surface area contributed by atoms with Gasteiger partial charge in [-0.1, -0.05) is 20.8 Å². The third-order valence-electron chi connectivity index (χ3n) is 3.21. The fourth-order valence-electron chi connectivity index (χ4n) is 1.57. The Balaban J connectivity index is 2.34. The van der Waals surface area contributed by atoms with Crippen LogP contribution < -0.4 is 5.43 Å². The number of ether oxygens (including phenoxy) is 1. The zero-order chi connectivity index (χ0) is 12.2. The van der Waals surface area contributed by atoms with Crippen molar-refractivity contribution in [2.45, 2.75) is 46.1 Å². The van der Waals surface area contributed by atoms with Crippen molar-refractivity contribution in [3.63, 3.8) is 0 Å². The van der Waals surface area contributed by atoms with E-state index >= 15 is 0 Å². The van der Waals surface area contributed by atoms with E-state index in [4.69, 9.17) is 4.74 Å². The van der Waals surface area contributed by atoms with Crippen molar-refractivity contribution in [2.24, 2.45) is 5.41 Å². The summed E-state index contributed by atoms with van der Waals surface area (Å²) in [6.07, 6.45) is 2.93. The largest absolute Gasteiger partial charge is 0.464 e. The number of hydrogen-bond acceptors (Lipinski definition) is 4. The molecule has 0 aromatic rings. The van der Waals surface area contributed by atoms with Gasteiger partial charge in [0.05, 0.1) is 6.61 Å². The van der Waals surface area contributed by atoms with Crippen LogP contribution in [0.3, 0.4) is 0 Å². The molecule has 1 rings (SSSR count). The fraction of sp³-hybridized carbons (Fsp3) is 0.917. The highest BCUT2D eigenvalue weighted by molar-refractivity contribution is 5.75. The minimum atomic E-state index is -0.161. The molecule has 0 radical (unpaired) electrons. The summed E-state index contributed by atoms with van der Waals surface area (Å²) in [7, 11) is 1.95. The second kappa shape index (κ2) is 5.64. The average Bonchev–Trinajstić information content (AvgIpc) is 2.26. The lowest BCUT2D eigenvalue weighted by atomic mass is 9.92. The van der Waals surface area contributed by atoms with E-state index in [-0.39, 0.29) is 17.4 Å². The van der Waals surface area contributed by atoms with Crippen LogP contribution in [-0.4, -0.2) is 37.2 Å². The molecule has 16 heavy (non-hydrogen) atoms. The van der Waals surface area contributed by atoms with Crippen LogP contribution in [0.4, 0.5) is 0 Å². The molecule has 1 N–H and O–H groups in total. The number of carbonyl (C=O) groups excluding carboxylic acids is 1. The van der Waals surface area contributed by atoms with Crippen LogP contribution in [-0.2, 0) is 9.53 Å². The highest BCUT2D eigenvalue weighted by Gasteiger charge is 2.26. The second-order valence-corrected chi connectivity index (χ2v) is 5.37. The van der Waals surface area contributed by atoms with Crippen molar-refractivity contribution >= 4 is 5.97 Å². The van der Waals surface area contributed by atoms with E-state index in [0.29, 0.717) is 6.61 Å². The van der Waals surface area contributed by atoms with Gasteiger partial charge >= 0.3 is 5.97 Å². The van der Waals surface area contributed by atoms with Crippen molar-refractivity contribution in [3.8, 4) is 0 Å². The first-order chi connectivity index (χ1) is 7.44. The predicted octanol–water partition coefficient (Wildman–Crippen LogP) is 1.56.